The maximum atomic E-state index is 5.45. The van der Waals surface area contributed by atoms with Gasteiger partial charge < -0.3 is 4.74 Å². The molecule has 0 N–H and O–H groups in total. The molecule has 1 aliphatic rings. The first kappa shape index (κ1) is 10.2. The van der Waals surface area contributed by atoms with E-state index >= 15 is 0 Å². The van der Waals surface area contributed by atoms with Crippen LogP contribution in [0.5, 0.6) is 0 Å². The summed E-state index contributed by atoms with van der Waals surface area (Å²) >= 11 is 3.46. The van der Waals surface area contributed by atoms with Crippen LogP contribution in [-0.4, -0.2) is 13.2 Å². The summed E-state index contributed by atoms with van der Waals surface area (Å²) in [6, 6.07) is 8.62. The van der Waals surface area contributed by atoms with Gasteiger partial charge in [-0.2, -0.15) is 0 Å². The molecule has 0 amide bonds. The van der Waals surface area contributed by atoms with Crippen molar-refractivity contribution in [2.24, 2.45) is 0 Å². The summed E-state index contributed by atoms with van der Waals surface area (Å²) in [5.74, 6) is 0. The van der Waals surface area contributed by atoms with Crippen LogP contribution in [0.2, 0.25) is 0 Å². The third-order valence-electron chi connectivity index (χ3n) is 3.34. The van der Waals surface area contributed by atoms with Crippen LogP contribution in [0.4, 0.5) is 0 Å². The normalized spacial score (nSPS) is 20.5. The van der Waals surface area contributed by atoms with Crippen molar-refractivity contribution in [2.75, 3.05) is 7.11 Å². The highest BCUT2D eigenvalue weighted by molar-refractivity contribution is 9.10. The summed E-state index contributed by atoms with van der Waals surface area (Å²) in [5.41, 5.74) is 1.71. The number of hydrogen-bond donors (Lipinski definition) is 0. The van der Waals surface area contributed by atoms with E-state index in [0.717, 1.165) is 4.47 Å². The molecule has 0 radical (unpaired) electrons. The Labute approximate surface area is 93.6 Å². The first-order valence-electron chi connectivity index (χ1n) is 4.98. The first-order chi connectivity index (χ1) is 6.69. The SMILES string of the molecule is COC(C)C1(c2ccc(Br)cc2)CC1. The lowest BCUT2D eigenvalue weighted by Crippen LogP contribution is -2.24. The van der Waals surface area contributed by atoms with E-state index in [9.17, 15) is 0 Å². The van der Waals surface area contributed by atoms with Crippen molar-refractivity contribution in [3.63, 3.8) is 0 Å². The lowest BCUT2D eigenvalue weighted by molar-refractivity contribution is 0.0850. The van der Waals surface area contributed by atoms with Crippen LogP contribution in [-0.2, 0) is 10.2 Å². The summed E-state index contributed by atoms with van der Waals surface area (Å²) in [6.45, 7) is 2.16. The minimum Gasteiger partial charge on any atom is -0.381 e. The van der Waals surface area contributed by atoms with E-state index in [1.807, 2.05) is 0 Å². The molecule has 2 heteroatoms. The Balaban J connectivity index is 2.26. The number of rotatable bonds is 3. The van der Waals surface area contributed by atoms with Gasteiger partial charge in [0.05, 0.1) is 6.10 Å². The summed E-state index contributed by atoms with van der Waals surface area (Å²) in [7, 11) is 1.80. The Morgan fingerprint density at radius 2 is 1.86 bits per heavy atom. The quantitative estimate of drug-likeness (QED) is 0.803. The van der Waals surface area contributed by atoms with Crippen LogP contribution in [0.1, 0.15) is 25.3 Å². The van der Waals surface area contributed by atoms with Crippen molar-refractivity contribution in [3.05, 3.63) is 34.3 Å². The first-order valence-corrected chi connectivity index (χ1v) is 5.77. The zero-order valence-corrected chi connectivity index (χ0v) is 10.2. The monoisotopic (exact) mass is 254 g/mol. The van der Waals surface area contributed by atoms with Crippen LogP contribution in [0.25, 0.3) is 0 Å². The van der Waals surface area contributed by atoms with Gasteiger partial charge in [-0.3, -0.25) is 0 Å². The Kier molecular flexibility index (Phi) is 2.67. The van der Waals surface area contributed by atoms with Crippen molar-refractivity contribution in [2.45, 2.75) is 31.3 Å². The smallest absolute Gasteiger partial charge is 0.0639 e. The number of hydrogen-bond acceptors (Lipinski definition) is 1. The number of ether oxygens (including phenoxy) is 1. The fourth-order valence-corrected chi connectivity index (χ4v) is 2.34. The van der Waals surface area contributed by atoms with Gasteiger partial charge in [0.1, 0.15) is 0 Å². The Morgan fingerprint density at radius 1 is 1.29 bits per heavy atom. The molecule has 1 unspecified atom stereocenters. The fraction of sp³-hybridized carbons (Fsp3) is 0.500. The van der Waals surface area contributed by atoms with Crippen LogP contribution in [0, 0.1) is 0 Å². The third kappa shape index (κ3) is 1.61. The van der Waals surface area contributed by atoms with Gasteiger partial charge in [-0.05, 0) is 37.5 Å². The molecule has 0 bridgehead atoms. The molecule has 76 valence electrons. The zero-order chi connectivity index (χ0) is 10.2. The van der Waals surface area contributed by atoms with Crippen molar-refractivity contribution in [1.29, 1.82) is 0 Å². The minimum absolute atomic E-state index is 0.301. The van der Waals surface area contributed by atoms with Crippen molar-refractivity contribution in [1.82, 2.24) is 0 Å². The maximum absolute atomic E-state index is 5.45. The second kappa shape index (κ2) is 3.67. The third-order valence-corrected chi connectivity index (χ3v) is 3.87. The van der Waals surface area contributed by atoms with E-state index in [-0.39, 0.29) is 0 Å². The van der Waals surface area contributed by atoms with Crippen molar-refractivity contribution >= 4 is 15.9 Å². The predicted molar refractivity (Wildman–Crippen MR) is 61.5 cm³/mol. The molecule has 0 saturated heterocycles. The molecule has 1 saturated carbocycles. The number of methoxy groups -OCH3 is 1. The highest BCUT2D eigenvalue weighted by atomic mass is 79.9. The van der Waals surface area contributed by atoms with E-state index in [4.69, 9.17) is 4.74 Å². The van der Waals surface area contributed by atoms with E-state index in [1.165, 1.54) is 18.4 Å². The van der Waals surface area contributed by atoms with Crippen LogP contribution < -0.4 is 0 Å². The van der Waals surface area contributed by atoms with Gasteiger partial charge in [-0.25, -0.2) is 0 Å². The molecule has 1 aromatic rings. The predicted octanol–water partition coefficient (Wildman–Crippen LogP) is 3.52. The van der Waals surface area contributed by atoms with Crippen LogP contribution in [0.15, 0.2) is 28.7 Å². The molecule has 1 nitrogen and oxygen atoms in total. The average Bonchev–Trinajstić information content (AvgIpc) is 2.99. The maximum Gasteiger partial charge on any atom is 0.0639 e. The average molecular weight is 255 g/mol. The minimum atomic E-state index is 0.301. The highest BCUT2D eigenvalue weighted by Gasteiger charge is 2.49. The molecule has 0 heterocycles. The van der Waals surface area contributed by atoms with E-state index < -0.39 is 0 Å². The molecule has 1 aliphatic carbocycles. The molecule has 14 heavy (non-hydrogen) atoms. The van der Waals surface area contributed by atoms with E-state index in [2.05, 4.69) is 47.1 Å². The van der Waals surface area contributed by atoms with Gasteiger partial charge >= 0.3 is 0 Å². The van der Waals surface area contributed by atoms with Crippen molar-refractivity contribution in [3.8, 4) is 0 Å². The zero-order valence-electron chi connectivity index (χ0n) is 8.59. The summed E-state index contributed by atoms with van der Waals surface area (Å²) in [4.78, 5) is 0. The topological polar surface area (TPSA) is 9.23 Å². The Bertz CT molecular complexity index is 314. The van der Waals surface area contributed by atoms with Crippen LogP contribution >= 0.6 is 15.9 Å². The largest absolute Gasteiger partial charge is 0.381 e. The van der Waals surface area contributed by atoms with Gasteiger partial charge in [0.2, 0.25) is 0 Å². The Hall–Kier alpha value is -0.340. The molecule has 1 aromatic carbocycles. The van der Waals surface area contributed by atoms with Gasteiger partial charge in [0, 0.05) is 17.0 Å². The molecule has 1 fully saturated rings. The summed E-state index contributed by atoms with van der Waals surface area (Å²) in [5, 5.41) is 0. The molecule has 0 aromatic heterocycles. The summed E-state index contributed by atoms with van der Waals surface area (Å²) < 4.78 is 6.59. The van der Waals surface area contributed by atoms with Gasteiger partial charge in [0.15, 0.2) is 0 Å². The van der Waals surface area contributed by atoms with E-state index in [1.54, 1.807) is 7.11 Å². The van der Waals surface area contributed by atoms with E-state index in [0.29, 0.717) is 11.5 Å². The van der Waals surface area contributed by atoms with Crippen molar-refractivity contribution < 1.29 is 4.74 Å². The highest BCUT2D eigenvalue weighted by Crippen LogP contribution is 2.51. The number of benzene rings is 1. The second-order valence-electron chi connectivity index (χ2n) is 4.04. The molecule has 0 aliphatic heterocycles. The fourth-order valence-electron chi connectivity index (χ4n) is 2.07. The molecule has 1 atom stereocenters. The number of halogens is 1. The van der Waals surface area contributed by atoms with Gasteiger partial charge in [-0.15, -0.1) is 0 Å². The van der Waals surface area contributed by atoms with Gasteiger partial charge in [-0.1, -0.05) is 28.1 Å². The molecule has 2 rings (SSSR count). The Morgan fingerprint density at radius 3 is 2.29 bits per heavy atom. The van der Waals surface area contributed by atoms with Gasteiger partial charge in [0.25, 0.3) is 0 Å². The summed E-state index contributed by atoms with van der Waals surface area (Å²) in [6.07, 6.45) is 2.83. The molecule has 0 spiro atoms. The second-order valence-corrected chi connectivity index (χ2v) is 4.96. The van der Waals surface area contributed by atoms with Crippen LogP contribution in [0.3, 0.4) is 0 Å². The standard InChI is InChI=1S/C12H15BrO/c1-9(14-2)12(7-8-12)10-3-5-11(13)6-4-10/h3-6,9H,7-8H2,1-2H3. The molecular weight excluding hydrogens is 240 g/mol. The lowest BCUT2D eigenvalue weighted by Gasteiger charge is -2.22. The molecular formula is C12H15BrO. The lowest BCUT2D eigenvalue weighted by atomic mass is 9.91.